The van der Waals surface area contributed by atoms with Gasteiger partial charge in [0, 0.05) is 6.42 Å². The lowest BCUT2D eigenvalue weighted by Gasteiger charge is -2.29. The summed E-state index contributed by atoms with van der Waals surface area (Å²) >= 11 is 0. The van der Waals surface area contributed by atoms with Crippen molar-refractivity contribution in [2.24, 2.45) is 0 Å². The van der Waals surface area contributed by atoms with Crippen LogP contribution in [0.2, 0.25) is 0 Å². The highest BCUT2D eigenvalue weighted by Gasteiger charge is 2.27. The van der Waals surface area contributed by atoms with Gasteiger partial charge in [-0.05, 0) is 30.2 Å². The first-order chi connectivity index (χ1) is 12.9. The number of hydrogen-bond donors (Lipinski definition) is 2. The Hall–Kier alpha value is -3.35. The second kappa shape index (κ2) is 7.90. The molecule has 1 unspecified atom stereocenters. The van der Waals surface area contributed by atoms with E-state index in [-0.39, 0.29) is 19.5 Å². The van der Waals surface area contributed by atoms with Crippen molar-refractivity contribution >= 4 is 23.5 Å². The van der Waals surface area contributed by atoms with Gasteiger partial charge in [-0.3, -0.25) is 4.79 Å². The van der Waals surface area contributed by atoms with E-state index in [9.17, 15) is 19.5 Å². The van der Waals surface area contributed by atoms with Crippen molar-refractivity contribution in [3.8, 4) is 5.75 Å². The number of fused-ring (bicyclic) bond motifs is 1. The molecule has 1 amide bonds. The number of hydrogen-bond acceptors (Lipinski definition) is 5. The Morgan fingerprint density at radius 1 is 1.22 bits per heavy atom. The summed E-state index contributed by atoms with van der Waals surface area (Å²) in [6.07, 6.45) is 0.180. The molecule has 0 aliphatic carbocycles. The molecule has 7 heteroatoms. The number of nitrogens with one attached hydrogen (secondary N) is 1. The molecule has 0 bridgehead atoms. The number of aliphatic carboxylic acids is 1. The lowest BCUT2D eigenvalue weighted by atomic mass is 10.1. The van der Waals surface area contributed by atoms with Gasteiger partial charge in [-0.1, -0.05) is 36.4 Å². The smallest absolute Gasteiger partial charge is 0.331 e. The summed E-state index contributed by atoms with van der Waals surface area (Å²) in [6.45, 7) is 1.67. The van der Waals surface area contributed by atoms with E-state index in [2.05, 4.69) is 5.32 Å². The molecule has 1 heterocycles. The molecule has 0 fully saturated rings. The maximum atomic E-state index is 12.4. The highest BCUT2D eigenvalue weighted by atomic mass is 16.5. The van der Waals surface area contributed by atoms with E-state index in [0.717, 1.165) is 11.1 Å². The molecular weight excluding hydrogens is 348 g/mol. The zero-order valence-corrected chi connectivity index (χ0v) is 14.8. The van der Waals surface area contributed by atoms with Crippen LogP contribution in [0, 0.1) is 6.92 Å². The largest absolute Gasteiger partial charge is 0.480 e. The van der Waals surface area contributed by atoms with Gasteiger partial charge < -0.3 is 20.1 Å². The lowest BCUT2D eigenvalue weighted by molar-refractivity contribution is -0.141. The fraction of sp³-hybridized carbons (Fsp3) is 0.250. The van der Waals surface area contributed by atoms with Crippen molar-refractivity contribution in [1.29, 1.82) is 0 Å². The number of carbonyl (C=O) groups is 3. The molecule has 27 heavy (non-hydrogen) atoms. The third-order valence-electron chi connectivity index (χ3n) is 4.25. The molecule has 2 aromatic carbocycles. The number of aryl methyl sites for hydroxylation is 1. The van der Waals surface area contributed by atoms with Gasteiger partial charge in [0.25, 0.3) is 0 Å². The van der Waals surface area contributed by atoms with Crippen LogP contribution in [0.4, 0.5) is 5.69 Å². The summed E-state index contributed by atoms with van der Waals surface area (Å²) < 4.78 is 5.22. The monoisotopic (exact) mass is 368 g/mol. The van der Waals surface area contributed by atoms with Crippen LogP contribution >= 0.6 is 0 Å². The summed E-state index contributed by atoms with van der Waals surface area (Å²) in [4.78, 5) is 37.3. The molecule has 7 nitrogen and oxygen atoms in total. The van der Waals surface area contributed by atoms with Gasteiger partial charge in [-0.2, -0.15) is 0 Å². The van der Waals surface area contributed by atoms with Crippen molar-refractivity contribution in [1.82, 2.24) is 5.32 Å². The van der Waals surface area contributed by atoms with E-state index >= 15 is 0 Å². The predicted octanol–water partition coefficient (Wildman–Crippen LogP) is 1.53. The number of benzene rings is 2. The zero-order chi connectivity index (χ0) is 19.4. The summed E-state index contributed by atoms with van der Waals surface area (Å²) in [5.41, 5.74) is 2.37. The Kier molecular flexibility index (Phi) is 5.40. The van der Waals surface area contributed by atoms with Crippen LogP contribution in [0.15, 0.2) is 48.5 Å². The molecule has 1 atom stereocenters. The maximum Gasteiger partial charge on any atom is 0.331 e. The molecule has 0 saturated carbocycles. The van der Waals surface area contributed by atoms with Crippen LogP contribution in [0.1, 0.15) is 11.1 Å². The van der Waals surface area contributed by atoms with E-state index in [1.54, 1.807) is 29.2 Å². The molecular formula is C20H20N2O5. The Balaban J connectivity index is 1.69. The Bertz CT molecular complexity index is 866. The summed E-state index contributed by atoms with van der Waals surface area (Å²) in [5.74, 6) is -1.64. The molecule has 0 saturated heterocycles. The first-order valence-electron chi connectivity index (χ1n) is 8.55. The van der Waals surface area contributed by atoms with Crippen molar-refractivity contribution in [3.63, 3.8) is 0 Å². The van der Waals surface area contributed by atoms with Crippen molar-refractivity contribution < 1.29 is 24.2 Å². The average molecular weight is 368 g/mol. The molecule has 3 rings (SSSR count). The fourth-order valence-electron chi connectivity index (χ4n) is 2.96. The minimum absolute atomic E-state index is 0.0695. The average Bonchev–Trinajstić information content (AvgIpc) is 2.61. The lowest BCUT2D eigenvalue weighted by Crippen LogP contribution is -2.48. The van der Waals surface area contributed by atoms with E-state index in [0.29, 0.717) is 11.4 Å². The third-order valence-corrected chi connectivity index (χ3v) is 4.25. The fourth-order valence-corrected chi connectivity index (χ4v) is 2.96. The first kappa shape index (κ1) is 18.4. The predicted molar refractivity (Wildman–Crippen MR) is 98.7 cm³/mol. The highest BCUT2D eigenvalue weighted by Crippen LogP contribution is 2.32. The van der Waals surface area contributed by atoms with Gasteiger partial charge in [0.1, 0.15) is 12.6 Å². The molecule has 0 aromatic heterocycles. The topological polar surface area (TPSA) is 95.9 Å². The number of carboxylic acid groups (broad SMARTS) is 1. The zero-order valence-electron chi connectivity index (χ0n) is 14.8. The van der Waals surface area contributed by atoms with Gasteiger partial charge in [-0.15, -0.1) is 0 Å². The molecule has 2 aromatic rings. The Morgan fingerprint density at radius 2 is 1.96 bits per heavy atom. The van der Waals surface area contributed by atoms with Gasteiger partial charge in [0.2, 0.25) is 5.91 Å². The normalized spacial score (nSPS) is 14.1. The van der Waals surface area contributed by atoms with Gasteiger partial charge >= 0.3 is 11.9 Å². The van der Waals surface area contributed by atoms with E-state index in [1.807, 2.05) is 31.2 Å². The summed E-state index contributed by atoms with van der Waals surface area (Å²) in [6, 6.07) is 13.4. The van der Waals surface area contributed by atoms with Gasteiger partial charge in [-0.25, -0.2) is 9.59 Å². The number of anilines is 1. The maximum absolute atomic E-state index is 12.4. The molecule has 2 N–H and O–H groups in total. The summed E-state index contributed by atoms with van der Waals surface area (Å²) in [5, 5.41) is 12.0. The second-order valence-corrected chi connectivity index (χ2v) is 6.45. The van der Waals surface area contributed by atoms with Crippen molar-refractivity contribution in [3.05, 3.63) is 59.7 Å². The standard InChI is InChI=1S/C20H20N2O5/c1-13-7-8-16-17(9-13)27-19(24)12-22(16)11-18(23)21-15(20(25)26)10-14-5-3-2-4-6-14/h2-9,15H,10-12H2,1H3,(H,21,23)(H,25,26). The summed E-state index contributed by atoms with van der Waals surface area (Å²) in [7, 11) is 0. The molecule has 0 spiro atoms. The van der Waals surface area contributed by atoms with E-state index in [1.165, 1.54) is 0 Å². The van der Waals surface area contributed by atoms with Crippen LogP contribution < -0.4 is 15.0 Å². The van der Waals surface area contributed by atoms with Crippen LogP contribution in [-0.2, 0) is 20.8 Å². The molecule has 140 valence electrons. The quantitative estimate of drug-likeness (QED) is 0.593. The van der Waals surface area contributed by atoms with E-state index < -0.39 is 23.9 Å². The van der Waals surface area contributed by atoms with Crippen LogP contribution in [0.25, 0.3) is 0 Å². The third kappa shape index (κ3) is 4.63. The van der Waals surface area contributed by atoms with Crippen LogP contribution in [-0.4, -0.2) is 42.1 Å². The number of carbonyl (C=O) groups excluding carboxylic acids is 2. The second-order valence-electron chi connectivity index (χ2n) is 6.45. The minimum Gasteiger partial charge on any atom is -0.480 e. The number of ether oxygens (including phenoxy) is 1. The minimum atomic E-state index is -1.11. The number of esters is 1. The Morgan fingerprint density at radius 3 is 2.67 bits per heavy atom. The van der Waals surface area contributed by atoms with Gasteiger partial charge in [0.05, 0.1) is 12.2 Å². The SMILES string of the molecule is Cc1ccc2c(c1)OC(=O)CN2CC(=O)NC(Cc1ccccc1)C(=O)O. The van der Waals surface area contributed by atoms with Crippen LogP contribution in [0.5, 0.6) is 5.75 Å². The molecule has 1 aliphatic heterocycles. The van der Waals surface area contributed by atoms with Gasteiger partial charge in [0.15, 0.2) is 5.75 Å². The number of carboxylic acids is 1. The molecule has 0 radical (unpaired) electrons. The van der Waals surface area contributed by atoms with Crippen LogP contribution in [0.3, 0.4) is 0 Å². The van der Waals surface area contributed by atoms with Crippen molar-refractivity contribution in [2.45, 2.75) is 19.4 Å². The number of rotatable bonds is 6. The highest BCUT2D eigenvalue weighted by molar-refractivity contribution is 5.91. The first-order valence-corrected chi connectivity index (χ1v) is 8.55. The molecule has 1 aliphatic rings. The van der Waals surface area contributed by atoms with E-state index in [4.69, 9.17) is 4.74 Å². The Labute approximate surface area is 156 Å². The van der Waals surface area contributed by atoms with Crippen molar-refractivity contribution in [2.75, 3.05) is 18.0 Å². The number of amides is 1. The number of nitrogens with zero attached hydrogens (tertiary/aromatic N) is 1.